The second-order valence-electron chi connectivity index (χ2n) is 5.23. The van der Waals surface area contributed by atoms with Crippen LogP contribution in [-0.2, 0) is 0 Å². The van der Waals surface area contributed by atoms with Crippen LogP contribution in [0.2, 0.25) is 0 Å². The van der Waals surface area contributed by atoms with Crippen LogP contribution in [0.1, 0.15) is 44.9 Å². The lowest BCUT2D eigenvalue weighted by molar-refractivity contribution is -0.386. The van der Waals surface area contributed by atoms with Gasteiger partial charge in [0.05, 0.1) is 4.92 Å². The van der Waals surface area contributed by atoms with Crippen LogP contribution < -0.4 is 5.32 Å². The Morgan fingerprint density at radius 1 is 1.42 bits per heavy atom. The number of likely N-dealkylation sites (N-methyl/N-ethyl adjacent to an activating group) is 1. The summed E-state index contributed by atoms with van der Waals surface area (Å²) < 4.78 is 0. The summed E-state index contributed by atoms with van der Waals surface area (Å²) in [5.74, 6) is 0.308. The molecule has 0 amide bonds. The quantitative estimate of drug-likeness (QED) is 0.634. The van der Waals surface area contributed by atoms with Gasteiger partial charge in [0.1, 0.15) is 5.69 Å². The van der Waals surface area contributed by atoms with Crippen molar-refractivity contribution >= 4 is 5.69 Å². The van der Waals surface area contributed by atoms with E-state index in [0.717, 1.165) is 6.54 Å². The maximum absolute atomic E-state index is 11.3. The fourth-order valence-corrected chi connectivity index (χ4v) is 2.63. The molecule has 19 heavy (non-hydrogen) atoms. The Morgan fingerprint density at radius 3 is 2.53 bits per heavy atom. The predicted octanol–water partition coefficient (Wildman–Crippen LogP) is 3.04. The van der Waals surface area contributed by atoms with Crippen LogP contribution in [0.25, 0.3) is 0 Å². The molecule has 106 valence electrons. The lowest BCUT2D eigenvalue weighted by atomic mass is 9.84. The third-order valence-corrected chi connectivity index (χ3v) is 3.44. The molecule has 1 rings (SSSR count). The van der Waals surface area contributed by atoms with E-state index >= 15 is 0 Å². The van der Waals surface area contributed by atoms with Gasteiger partial charge in [0, 0.05) is 23.7 Å². The number of nitrogens with zero attached hydrogens (tertiary/aromatic N) is 2. The first kappa shape index (κ1) is 15.6. The third-order valence-electron chi connectivity index (χ3n) is 3.44. The summed E-state index contributed by atoms with van der Waals surface area (Å²) in [6, 6.07) is 1.84. The van der Waals surface area contributed by atoms with Crippen molar-refractivity contribution in [3.8, 4) is 0 Å². The Labute approximate surface area is 114 Å². The normalized spacial score (nSPS) is 14.4. The zero-order chi connectivity index (χ0) is 14.6. The van der Waals surface area contributed by atoms with Crippen molar-refractivity contribution in [2.45, 2.75) is 46.6 Å². The molecule has 0 bridgehead atoms. The standard InChI is InChI=1S/C14H23N3O2/c1-6-15-11(5)12(9(2)3)13-14(17(18)19)10(4)7-8-16-13/h7-9,11-12,15H,6H2,1-5H3. The van der Waals surface area contributed by atoms with Gasteiger partial charge in [-0.05, 0) is 32.4 Å². The molecular weight excluding hydrogens is 242 g/mol. The highest BCUT2D eigenvalue weighted by molar-refractivity contribution is 5.45. The lowest BCUT2D eigenvalue weighted by Gasteiger charge is -2.27. The Kier molecular flexibility index (Phi) is 5.42. The SMILES string of the molecule is CCNC(C)C(c1nccc(C)c1[N+](=O)[O-])C(C)C. The molecule has 1 N–H and O–H groups in total. The number of aryl methyl sites for hydroxylation is 1. The van der Waals surface area contributed by atoms with E-state index in [9.17, 15) is 10.1 Å². The second-order valence-corrected chi connectivity index (χ2v) is 5.23. The summed E-state index contributed by atoms with van der Waals surface area (Å²) in [5.41, 5.74) is 1.42. The molecule has 0 aliphatic carbocycles. The summed E-state index contributed by atoms with van der Waals surface area (Å²) in [7, 11) is 0. The molecule has 5 nitrogen and oxygen atoms in total. The Hall–Kier alpha value is -1.49. The van der Waals surface area contributed by atoms with E-state index in [1.165, 1.54) is 0 Å². The van der Waals surface area contributed by atoms with Gasteiger partial charge in [-0.1, -0.05) is 20.8 Å². The average Bonchev–Trinajstić information content (AvgIpc) is 2.28. The first-order chi connectivity index (χ1) is 8.90. The highest BCUT2D eigenvalue weighted by Gasteiger charge is 2.31. The maximum atomic E-state index is 11.3. The fraction of sp³-hybridized carbons (Fsp3) is 0.643. The van der Waals surface area contributed by atoms with Gasteiger partial charge in [0.25, 0.3) is 5.69 Å². The average molecular weight is 265 g/mol. The molecule has 0 fully saturated rings. The van der Waals surface area contributed by atoms with E-state index in [0.29, 0.717) is 11.3 Å². The molecule has 0 aliphatic rings. The minimum Gasteiger partial charge on any atom is -0.314 e. The molecule has 0 spiro atoms. The summed E-state index contributed by atoms with van der Waals surface area (Å²) in [5, 5.41) is 14.6. The maximum Gasteiger partial charge on any atom is 0.293 e. The molecule has 0 radical (unpaired) electrons. The molecule has 1 aromatic rings. The van der Waals surface area contributed by atoms with Crippen LogP contribution in [0.3, 0.4) is 0 Å². The number of nitrogens with one attached hydrogen (secondary N) is 1. The van der Waals surface area contributed by atoms with Crippen LogP contribution in [0.5, 0.6) is 0 Å². The molecular formula is C14H23N3O2. The number of hydrogen-bond donors (Lipinski definition) is 1. The summed E-state index contributed by atoms with van der Waals surface area (Å²) in [6.45, 7) is 10.8. The van der Waals surface area contributed by atoms with Crippen molar-refractivity contribution in [1.82, 2.24) is 10.3 Å². The van der Waals surface area contributed by atoms with E-state index in [-0.39, 0.29) is 28.5 Å². The highest BCUT2D eigenvalue weighted by Crippen LogP contribution is 2.34. The van der Waals surface area contributed by atoms with Gasteiger partial charge in [-0.25, -0.2) is 0 Å². The van der Waals surface area contributed by atoms with Crippen LogP contribution in [0.4, 0.5) is 5.69 Å². The number of aromatic nitrogens is 1. The van der Waals surface area contributed by atoms with Gasteiger partial charge in [-0.2, -0.15) is 0 Å². The molecule has 0 saturated heterocycles. The first-order valence-corrected chi connectivity index (χ1v) is 6.73. The van der Waals surface area contributed by atoms with Gasteiger partial charge in [0.15, 0.2) is 0 Å². The first-order valence-electron chi connectivity index (χ1n) is 6.73. The highest BCUT2D eigenvalue weighted by atomic mass is 16.6. The molecule has 2 atom stereocenters. The Morgan fingerprint density at radius 2 is 2.05 bits per heavy atom. The monoisotopic (exact) mass is 265 g/mol. The zero-order valence-electron chi connectivity index (χ0n) is 12.3. The van der Waals surface area contributed by atoms with Crippen molar-refractivity contribution < 1.29 is 4.92 Å². The number of nitro groups is 1. The summed E-state index contributed by atoms with van der Waals surface area (Å²) in [6.07, 6.45) is 1.66. The minimum absolute atomic E-state index is 0.0280. The van der Waals surface area contributed by atoms with Gasteiger partial charge >= 0.3 is 0 Å². The Bertz CT molecular complexity index is 446. The third kappa shape index (κ3) is 3.50. The predicted molar refractivity (Wildman–Crippen MR) is 76.3 cm³/mol. The van der Waals surface area contributed by atoms with Crippen molar-refractivity contribution in [2.75, 3.05) is 6.54 Å². The van der Waals surface area contributed by atoms with E-state index in [4.69, 9.17) is 0 Å². The van der Waals surface area contributed by atoms with Gasteiger partial charge in [-0.15, -0.1) is 0 Å². The molecule has 1 heterocycles. The smallest absolute Gasteiger partial charge is 0.293 e. The summed E-state index contributed by atoms with van der Waals surface area (Å²) >= 11 is 0. The van der Waals surface area contributed by atoms with E-state index in [1.54, 1.807) is 19.2 Å². The molecule has 0 aliphatic heterocycles. The Balaban J connectivity index is 3.31. The van der Waals surface area contributed by atoms with Crippen LogP contribution >= 0.6 is 0 Å². The molecule has 0 saturated carbocycles. The zero-order valence-corrected chi connectivity index (χ0v) is 12.3. The van der Waals surface area contributed by atoms with Gasteiger partial charge < -0.3 is 5.32 Å². The topological polar surface area (TPSA) is 68.1 Å². The molecule has 5 heteroatoms. The minimum atomic E-state index is -0.314. The van der Waals surface area contributed by atoms with Gasteiger partial charge in [-0.3, -0.25) is 15.1 Å². The lowest BCUT2D eigenvalue weighted by Crippen LogP contribution is -2.35. The molecule has 0 aromatic carbocycles. The van der Waals surface area contributed by atoms with E-state index in [2.05, 4.69) is 31.1 Å². The van der Waals surface area contributed by atoms with E-state index < -0.39 is 0 Å². The number of pyridine rings is 1. The van der Waals surface area contributed by atoms with Crippen LogP contribution in [0.15, 0.2) is 12.3 Å². The van der Waals surface area contributed by atoms with Crippen LogP contribution in [0, 0.1) is 23.0 Å². The molecule has 1 aromatic heterocycles. The number of hydrogen-bond acceptors (Lipinski definition) is 4. The van der Waals surface area contributed by atoms with Crippen molar-refractivity contribution in [1.29, 1.82) is 0 Å². The largest absolute Gasteiger partial charge is 0.314 e. The van der Waals surface area contributed by atoms with Crippen molar-refractivity contribution in [3.63, 3.8) is 0 Å². The summed E-state index contributed by atoms with van der Waals surface area (Å²) in [4.78, 5) is 15.3. The fourth-order valence-electron chi connectivity index (χ4n) is 2.63. The molecule has 2 unspecified atom stereocenters. The van der Waals surface area contributed by atoms with Crippen LogP contribution in [-0.4, -0.2) is 22.5 Å². The van der Waals surface area contributed by atoms with Crippen molar-refractivity contribution in [2.24, 2.45) is 5.92 Å². The number of rotatable bonds is 6. The van der Waals surface area contributed by atoms with Gasteiger partial charge in [0.2, 0.25) is 0 Å². The van der Waals surface area contributed by atoms with E-state index in [1.807, 2.05) is 6.92 Å². The second kappa shape index (κ2) is 6.61. The van der Waals surface area contributed by atoms with Crippen molar-refractivity contribution in [3.05, 3.63) is 33.6 Å².